The third-order valence-electron chi connectivity index (χ3n) is 5.88. The minimum absolute atomic E-state index is 0.0863. The van der Waals surface area contributed by atoms with Crippen LogP contribution >= 0.6 is 0 Å². The molecule has 2 N–H and O–H groups in total. The lowest BCUT2D eigenvalue weighted by Crippen LogP contribution is -2.49. The summed E-state index contributed by atoms with van der Waals surface area (Å²) in [6, 6.07) is 12.0. The van der Waals surface area contributed by atoms with Crippen LogP contribution in [0.25, 0.3) is 11.3 Å². The molecule has 8 heteroatoms. The van der Waals surface area contributed by atoms with E-state index in [2.05, 4.69) is 25.8 Å². The molecule has 152 valence electrons. The summed E-state index contributed by atoms with van der Waals surface area (Å²) in [5.74, 6) is 0.00378. The number of anilines is 1. The van der Waals surface area contributed by atoms with Gasteiger partial charge in [-0.1, -0.05) is 12.1 Å². The summed E-state index contributed by atoms with van der Waals surface area (Å²) >= 11 is 0. The van der Waals surface area contributed by atoms with E-state index >= 15 is 0 Å². The van der Waals surface area contributed by atoms with Gasteiger partial charge in [0.2, 0.25) is 0 Å². The fraction of sp³-hybridized carbons (Fsp3) is 0.273. The van der Waals surface area contributed by atoms with Gasteiger partial charge in [-0.15, -0.1) is 10.2 Å². The molecule has 30 heavy (non-hydrogen) atoms. The molecule has 1 aromatic carbocycles. The number of alkyl halides is 1. The van der Waals surface area contributed by atoms with Gasteiger partial charge in [0, 0.05) is 35.8 Å². The van der Waals surface area contributed by atoms with E-state index in [4.69, 9.17) is 0 Å². The molecule has 0 atom stereocenters. The summed E-state index contributed by atoms with van der Waals surface area (Å²) in [6.45, 7) is 0.781. The van der Waals surface area contributed by atoms with Gasteiger partial charge in [-0.3, -0.25) is 9.78 Å². The largest absolute Gasteiger partial charge is 0.368 e. The second-order valence-corrected chi connectivity index (χ2v) is 7.79. The number of rotatable bonds is 5. The Labute approximate surface area is 171 Å². The third kappa shape index (κ3) is 3.08. The molecule has 3 heterocycles. The van der Waals surface area contributed by atoms with Crippen LogP contribution in [0.4, 0.5) is 14.6 Å². The quantitative estimate of drug-likeness (QED) is 0.678. The summed E-state index contributed by atoms with van der Waals surface area (Å²) in [5.41, 5.74) is 2.67. The SMILES string of the molecule is O=C1NCc2c1cccc2-c1ccc(NCC2(c3ncccc3F)CC(F)C2)nn1. The minimum Gasteiger partial charge on any atom is -0.368 e. The van der Waals surface area contributed by atoms with Gasteiger partial charge in [0.1, 0.15) is 17.8 Å². The first-order valence-electron chi connectivity index (χ1n) is 9.79. The monoisotopic (exact) mass is 407 g/mol. The zero-order chi connectivity index (χ0) is 20.7. The van der Waals surface area contributed by atoms with Crippen molar-refractivity contribution in [2.24, 2.45) is 0 Å². The molecule has 2 aliphatic rings. The minimum atomic E-state index is -0.960. The Morgan fingerprint density at radius 1 is 1.10 bits per heavy atom. The number of nitrogens with one attached hydrogen (secondary N) is 2. The lowest BCUT2D eigenvalue weighted by atomic mass is 9.65. The molecule has 0 unspecified atom stereocenters. The molecule has 6 nitrogen and oxygen atoms in total. The van der Waals surface area contributed by atoms with E-state index in [0.29, 0.717) is 30.2 Å². The molecule has 1 fully saturated rings. The number of fused-ring (bicyclic) bond motifs is 1. The predicted molar refractivity (Wildman–Crippen MR) is 107 cm³/mol. The molecule has 2 aromatic heterocycles. The van der Waals surface area contributed by atoms with Crippen LogP contribution in [0.1, 0.15) is 34.5 Å². The second-order valence-electron chi connectivity index (χ2n) is 7.79. The van der Waals surface area contributed by atoms with Crippen molar-refractivity contribution in [3.63, 3.8) is 0 Å². The van der Waals surface area contributed by atoms with Crippen LogP contribution in [-0.2, 0) is 12.0 Å². The maximum Gasteiger partial charge on any atom is 0.251 e. The van der Waals surface area contributed by atoms with Crippen LogP contribution in [0, 0.1) is 5.82 Å². The molecular weight excluding hydrogens is 388 g/mol. The van der Waals surface area contributed by atoms with Crippen molar-refractivity contribution < 1.29 is 13.6 Å². The summed E-state index contributed by atoms with van der Waals surface area (Å²) in [7, 11) is 0. The molecule has 1 aliphatic heterocycles. The topological polar surface area (TPSA) is 79.8 Å². The molecule has 0 spiro atoms. The zero-order valence-electron chi connectivity index (χ0n) is 16.0. The smallest absolute Gasteiger partial charge is 0.251 e. The molecule has 5 rings (SSSR count). The van der Waals surface area contributed by atoms with Crippen LogP contribution in [0.5, 0.6) is 0 Å². The number of amides is 1. The van der Waals surface area contributed by atoms with Crippen molar-refractivity contribution in [3.05, 3.63) is 71.3 Å². The Morgan fingerprint density at radius 3 is 2.67 bits per heavy atom. The van der Waals surface area contributed by atoms with Crippen LogP contribution in [0.3, 0.4) is 0 Å². The molecule has 1 amide bonds. The van der Waals surface area contributed by atoms with E-state index in [1.165, 1.54) is 18.3 Å². The number of hydrogen-bond donors (Lipinski definition) is 2. The van der Waals surface area contributed by atoms with E-state index in [9.17, 15) is 13.6 Å². The van der Waals surface area contributed by atoms with Crippen LogP contribution < -0.4 is 10.6 Å². The van der Waals surface area contributed by atoms with Crippen molar-refractivity contribution in [1.82, 2.24) is 20.5 Å². The van der Waals surface area contributed by atoms with Gasteiger partial charge < -0.3 is 10.6 Å². The summed E-state index contributed by atoms with van der Waals surface area (Å²) in [4.78, 5) is 16.0. The molecular formula is C22H19F2N5O. The first-order valence-corrected chi connectivity index (χ1v) is 9.79. The van der Waals surface area contributed by atoms with E-state index < -0.39 is 17.4 Å². The van der Waals surface area contributed by atoms with Crippen molar-refractivity contribution >= 4 is 11.7 Å². The number of pyridine rings is 1. The Bertz CT molecular complexity index is 1110. The molecule has 0 saturated heterocycles. The van der Waals surface area contributed by atoms with Crippen molar-refractivity contribution in [2.45, 2.75) is 31.0 Å². The Kier molecular flexibility index (Phi) is 4.42. The first kappa shape index (κ1) is 18.6. The van der Waals surface area contributed by atoms with Gasteiger partial charge in [-0.2, -0.15) is 0 Å². The summed E-state index contributed by atoms with van der Waals surface area (Å²) < 4.78 is 28.0. The van der Waals surface area contributed by atoms with Crippen molar-refractivity contribution in [3.8, 4) is 11.3 Å². The van der Waals surface area contributed by atoms with Gasteiger partial charge in [0.25, 0.3) is 5.91 Å². The maximum absolute atomic E-state index is 14.3. The number of aromatic nitrogens is 3. The van der Waals surface area contributed by atoms with Crippen molar-refractivity contribution in [2.75, 3.05) is 11.9 Å². The predicted octanol–water partition coefficient (Wildman–Crippen LogP) is 3.40. The average Bonchev–Trinajstić information content (AvgIpc) is 3.12. The lowest BCUT2D eigenvalue weighted by molar-refractivity contribution is 0.0960. The number of carbonyl (C=O) groups excluding carboxylic acids is 1. The Morgan fingerprint density at radius 2 is 1.93 bits per heavy atom. The average molecular weight is 407 g/mol. The van der Waals surface area contributed by atoms with E-state index in [1.807, 2.05) is 18.2 Å². The number of benzene rings is 1. The van der Waals surface area contributed by atoms with Gasteiger partial charge in [-0.25, -0.2) is 8.78 Å². The number of halogens is 2. The lowest BCUT2D eigenvalue weighted by Gasteiger charge is -2.44. The maximum atomic E-state index is 14.3. The normalized spacial score (nSPS) is 22.2. The highest BCUT2D eigenvalue weighted by Gasteiger charge is 2.48. The Hall–Kier alpha value is -3.42. The zero-order valence-corrected chi connectivity index (χ0v) is 16.0. The highest BCUT2D eigenvalue weighted by molar-refractivity contribution is 6.00. The van der Waals surface area contributed by atoms with Crippen LogP contribution in [-0.4, -0.2) is 33.8 Å². The van der Waals surface area contributed by atoms with Gasteiger partial charge in [0.15, 0.2) is 0 Å². The number of nitrogens with zero attached hydrogens (tertiary/aromatic N) is 3. The number of carbonyl (C=O) groups is 1. The molecule has 1 saturated carbocycles. The summed E-state index contributed by atoms with van der Waals surface area (Å²) in [6.07, 6.45) is 1.00. The molecule has 0 radical (unpaired) electrons. The van der Waals surface area contributed by atoms with Crippen molar-refractivity contribution in [1.29, 1.82) is 0 Å². The molecule has 1 aliphatic carbocycles. The summed E-state index contributed by atoms with van der Waals surface area (Å²) in [5, 5.41) is 14.5. The fourth-order valence-corrected chi connectivity index (χ4v) is 4.31. The highest BCUT2D eigenvalue weighted by Crippen LogP contribution is 2.45. The number of hydrogen-bond acceptors (Lipinski definition) is 5. The van der Waals surface area contributed by atoms with Crippen LogP contribution in [0.15, 0.2) is 48.7 Å². The van der Waals surface area contributed by atoms with E-state index in [-0.39, 0.29) is 24.4 Å². The molecule has 3 aromatic rings. The molecule has 0 bridgehead atoms. The van der Waals surface area contributed by atoms with Gasteiger partial charge >= 0.3 is 0 Å². The fourth-order valence-electron chi connectivity index (χ4n) is 4.31. The van der Waals surface area contributed by atoms with Gasteiger partial charge in [0.05, 0.1) is 11.4 Å². The highest BCUT2D eigenvalue weighted by atomic mass is 19.1. The first-order chi connectivity index (χ1) is 14.6. The third-order valence-corrected chi connectivity index (χ3v) is 5.88. The van der Waals surface area contributed by atoms with E-state index in [1.54, 1.807) is 12.1 Å². The second kappa shape index (κ2) is 7.12. The van der Waals surface area contributed by atoms with E-state index in [0.717, 1.165) is 11.1 Å². The standard InChI is InChI=1S/C22H19F2N5O/c23-13-9-22(10-13,20-17(24)5-2-8-25-20)12-27-19-7-6-18(28-29-19)14-3-1-4-15-16(14)11-26-21(15)30/h1-8,13H,9-12H2,(H,26,30)(H,27,29). The van der Waals surface area contributed by atoms with Gasteiger partial charge in [-0.05, 0) is 48.7 Å². The van der Waals surface area contributed by atoms with Crippen LogP contribution in [0.2, 0.25) is 0 Å². The Balaban J connectivity index is 1.35.